The van der Waals surface area contributed by atoms with Crippen LogP contribution in [0.25, 0.3) is 0 Å². The molecule has 0 radical (unpaired) electrons. The Kier molecular flexibility index (Phi) is 3.84. The summed E-state index contributed by atoms with van der Waals surface area (Å²) in [7, 11) is 3.57. The van der Waals surface area contributed by atoms with Gasteiger partial charge in [-0.25, -0.2) is 4.79 Å². The first-order chi connectivity index (χ1) is 10.2. The molecular formula is C16H21N3O2. The zero-order chi connectivity index (χ0) is 14.8. The second-order valence-electron chi connectivity index (χ2n) is 5.49. The van der Waals surface area contributed by atoms with E-state index in [1.165, 1.54) is 0 Å². The number of ether oxygens (including phenoxy) is 1. The summed E-state index contributed by atoms with van der Waals surface area (Å²) in [5.74, 6) is 0.839. The highest BCUT2D eigenvalue weighted by atomic mass is 16.5. The minimum Gasteiger partial charge on any atom is -0.497 e. The fourth-order valence-corrected chi connectivity index (χ4v) is 2.59. The summed E-state index contributed by atoms with van der Waals surface area (Å²) in [4.78, 5) is 12.3. The number of hydrogen-bond acceptors (Lipinski definition) is 3. The summed E-state index contributed by atoms with van der Waals surface area (Å²) in [6.07, 6.45) is 6.03. The average molecular weight is 287 g/mol. The van der Waals surface area contributed by atoms with Crippen LogP contribution in [-0.4, -0.2) is 23.3 Å². The Morgan fingerprint density at radius 2 is 2.00 bits per heavy atom. The van der Waals surface area contributed by atoms with Crippen molar-refractivity contribution in [2.45, 2.75) is 31.5 Å². The highest BCUT2D eigenvalue weighted by Gasteiger charge is 2.25. The van der Waals surface area contributed by atoms with Gasteiger partial charge in [0.25, 0.3) is 0 Å². The number of likely N-dealkylation sites (N-methyl/N-ethyl adjacent to an activating group) is 1. The Balaban J connectivity index is 1.78. The molecule has 1 fully saturated rings. The molecule has 1 saturated carbocycles. The zero-order valence-electron chi connectivity index (χ0n) is 12.5. The second kappa shape index (κ2) is 5.77. The van der Waals surface area contributed by atoms with Gasteiger partial charge in [0.05, 0.1) is 13.2 Å². The van der Waals surface area contributed by atoms with Crippen LogP contribution in [0.5, 0.6) is 5.75 Å². The molecule has 2 aromatic rings. The van der Waals surface area contributed by atoms with Gasteiger partial charge in [-0.1, -0.05) is 12.1 Å². The van der Waals surface area contributed by atoms with E-state index in [0.29, 0.717) is 12.6 Å². The van der Waals surface area contributed by atoms with Crippen molar-refractivity contribution < 1.29 is 4.74 Å². The van der Waals surface area contributed by atoms with Gasteiger partial charge in [0.15, 0.2) is 0 Å². The summed E-state index contributed by atoms with van der Waals surface area (Å²) in [5.41, 5.74) is 1.23. The fraction of sp³-hybridized carbons (Fsp3) is 0.438. The summed E-state index contributed by atoms with van der Waals surface area (Å²) >= 11 is 0. The number of nitrogens with one attached hydrogen (secondary N) is 1. The van der Waals surface area contributed by atoms with Crippen LogP contribution in [0.15, 0.2) is 41.5 Å². The van der Waals surface area contributed by atoms with E-state index in [9.17, 15) is 4.79 Å². The van der Waals surface area contributed by atoms with Crippen molar-refractivity contribution in [1.29, 1.82) is 0 Å². The Morgan fingerprint density at radius 3 is 2.57 bits per heavy atom. The van der Waals surface area contributed by atoms with Crippen molar-refractivity contribution in [2.75, 3.05) is 14.2 Å². The molecule has 0 saturated heterocycles. The number of methoxy groups -OCH3 is 1. The molecule has 1 aliphatic rings. The van der Waals surface area contributed by atoms with Crippen LogP contribution < -0.4 is 15.7 Å². The Labute approximate surface area is 124 Å². The van der Waals surface area contributed by atoms with Crippen molar-refractivity contribution in [3.8, 4) is 5.75 Å². The highest BCUT2D eigenvalue weighted by Crippen LogP contribution is 2.33. The van der Waals surface area contributed by atoms with Crippen LogP contribution in [0.1, 0.15) is 30.5 Å². The molecule has 1 aliphatic carbocycles. The fourth-order valence-electron chi connectivity index (χ4n) is 2.59. The minimum absolute atomic E-state index is 0.0891. The highest BCUT2D eigenvalue weighted by molar-refractivity contribution is 5.29. The lowest BCUT2D eigenvalue weighted by Gasteiger charge is -2.17. The quantitative estimate of drug-likeness (QED) is 0.883. The van der Waals surface area contributed by atoms with Gasteiger partial charge in [0, 0.05) is 25.0 Å². The van der Waals surface area contributed by atoms with Gasteiger partial charge >= 0.3 is 5.69 Å². The molecular weight excluding hydrogens is 266 g/mol. The number of nitrogens with zero attached hydrogens (tertiary/aromatic N) is 2. The normalized spacial score (nSPS) is 15.9. The Morgan fingerprint density at radius 1 is 1.29 bits per heavy atom. The van der Waals surface area contributed by atoms with Crippen molar-refractivity contribution in [3.63, 3.8) is 0 Å². The first-order valence-corrected chi connectivity index (χ1v) is 7.31. The first kappa shape index (κ1) is 13.9. The number of imidazole rings is 1. The van der Waals surface area contributed by atoms with Gasteiger partial charge in [-0.15, -0.1) is 0 Å². The molecule has 1 N–H and O–H groups in total. The molecule has 5 heteroatoms. The van der Waals surface area contributed by atoms with Gasteiger partial charge in [-0.2, -0.15) is 0 Å². The first-order valence-electron chi connectivity index (χ1n) is 7.31. The summed E-state index contributed by atoms with van der Waals surface area (Å²) in [6.45, 7) is 0.626. The maximum Gasteiger partial charge on any atom is 0.328 e. The SMILES string of the molecule is CNC(Cn1ccn(C2CC2)c1=O)c1ccc(OC)cc1. The molecule has 1 atom stereocenters. The van der Waals surface area contributed by atoms with Crippen LogP contribution >= 0.6 is 0 Å². The van der Waals surface area contributed by atoms with E-state index in [2.05, 4.69) is 5.32 Å². The van der Waals surface area contributed by atoms with Gasteiger partial charge in [-0.05, 0) is 37.6 Å². The molecule has 3 rings (SSSR count). The summed E-state index contributed by atoms with van der Waals surface area (Å²) in [5, 5.41) is 3.28. The van der Waals surface area contributed by atoms with E-state index >= 15 is 0 Å². The third-order valence-corrected chi connectivity index (χ3v) is 4.06. The Bertz CT molecular complexity index is 653. The van der Waals surface area contributed by atoms with E-state index in [4.69, 9.17) is 4.74 Å². The predicted octanol–water partition coefficient (Wildman–Crippen LogP) is 1.95. The van der Waals surface area contributed by atoms with E-state index in [1.807, 2.05) is 48.3 Å². The lowest BCUT2D eigenvalue weighted by molar-refractivity contribution is 0.414. The molecule has 21 heavy (non-hydrogen) atoms. The van der Waals surface area contributed by atoms with Gasteiger partial charge in [-0.3, -0.25) is 9.13 Å². The third kappa shape index (κ3) is 2.88. The standard InChI is InChI=1S/C16H21N3O2/c1-17-15(12-3-7-14(21-2)8-4-12)11-18-9-10-19(16(18)20)13-5-6-13/h3-4,7-10,13,15,17H,5-6,11H2,1-2H3. The maximum atomic E-state index is 12.3. The molecule has 112 valence electrons. The molecule has 0 spiro atoms. The molecule has 1 heterocycles. The monoisotopic (exact) mass is 287 g/mol. The molecule has 1 unspecified atom stereocenters. The summed E-state index contributed by atoms with van der Waals surface area (Å²) < 4.78 is 8.81. The average Bonchev–Trinajstić information content (AvgIpc) is 3.30. The molecule has 0 bridgehead atoms. The molecule has 0 amide bonds. The molecule has 1 aromatic carbocycles. The maximum absolute atomic E-state index is 12.3. The number of rotatable bonds is 6. The van der Waals surface area contributed by atoms with E-state index in [0.717, 1.165) is 24.2 Å². The molecule has 1 aromatic heterocycles. The second-order valence-corrected chi connectivity index (χ2v) is 5.49. The lowest BCUT2D eigenvalue weighted by atomic mass is 10.1. The van der Waals surface area contributed by atoms with Crippen molar-refractivity contribution in [3.05, 3.63) is 52.7 Å². The predicted molar refractivity (Wildman–Crippen MR) is 81.8 cm³/mol. The molecule has 5 nitrogen and oxygen atoms in total. The zero-order valence-corrected chi connectivity index (χ0v) is 12.5. The largest absolute Gasteiger partial charge is 0.497 e. The third-order valence-electron chi connectivity index (χ3n) is 4.06. The van der Waals surface area contributed by atoms with E-state index < -0.39 is 0 Å². The van der Waals surface area contributed by atoms with Crippen molar-refractivity contribution in [2.24, 2.45) is 0 Å². The number of hydrogen-bond donors (Lipinski definition) is 1. The van der Waals surface area contributed by atoms with Crippen molar-refractivity contribution >= 4 is 0 Å². The van der Waals surface area contributed by atoms with Crippen LogP contribution in [0.4, 0.5) is 0 Å². The smallest absolute Gasteiger partial charge is 0.328 e. The van der Waals surface area contributed by atoms with Crippen LogP contribution in [-0.2, 0) is 6.54 Å². The molecule has 0 aliphatic heterocycles. The topological polar surface area (TPSA) is 48.2 Å². The Hall–Kier alpha value is -2.01. The number of benzene rings is 1. The number of aromatic nitrogens is 2. The van der Waals surface area contributed by atoms with Gasteiger partial charge in [0.1, 0.15) is 5.75 Å². The van der Waals surface area contributed by atoms with Crippen LogP contribution in [0.2, 0.25) is 0 Å². The minimum atomic E-state index is 0.0891. The van der Waals surface area contributed by atoms with Crippen LogP contribution in [0, 0.1) is 0 Å². The van der Waals surface area contributed by atoms with Crippen molar-refractivity contribution in [1.82, 2.24) is 14.5 Å². The van der Waals surface area contributed by atoms with E-state index in [1.54, 1.807) is 11.7 Å². The summed E-state index contributed by atoms with van der Waals surface area (Å²) in [6, 6.07) is 8.47. The van der Waals surface area contributed by atoms with E-state index in [-0.39, 0.29) is 11.7 Å². The van der Waals surface area contributed by atoms with Gasteiger partial charge in [0.2, 0.25) is 0 Å². The lowest BCUT2D eigenvalue weighted by Crippen LogP contribution is -2.29. The van der Waals surface area contributed by atoms with Crippen LogP contribution in [0.3, 0.4) is 0 Å². The van der Waals surface area contributed by atoms with Gasteiger partial charge < -0.3 is 10.1 Å².